The van der Waals surface area contributed by atoms with Crippen molar-refractivity contribution >= 4 is 35.6 Å². The quantitative estimate of drug-likeness (QED) is 0.480. The predicted molar refractivity (Wildman–Crippen MR) is 94.0 cm³/mol. The van der Waals surface area contributed by atoms with E-state index in [-0.39, 0.29) is 24.0 Å². The van der Waals surface area contributed by atoms with Crippen LogP contribution in [0.3, 0.4) is 0 Å². The van der Waals surface area contributed by atoms with Gasteiger partial charge < -0.3 is 20.3 Å². The highest BCUT2D eigenvalue weighted by Crippen LogP contribution is 2.10. The Bertz CT molecular complexity index is 407. The van der Waals surface area contributed by atoms with Crippen molar-refractivity contribution in [2.24, 2.45) is 10.7 Å². The van der Waals surface area contributed by atoms with Crippen molar-refractivity contribution in [3.8, 4) is 0 Å². The molecule has 0 spiro atoms. The van der Waals surface area contributed by atoms with Crippen molar-refractivity contribution in [3.63, 3.8) is 0 Å². The maximum Gasteiger partial charge on any atom is 0.191 e. The second-order valence-corrected chi connectivity index (χ2v) is 4.60. The lowest BCUT2D eigenvalue weighted by Crippen LogP contribution is -2.45. The summed E-state index contributed by atoms with van der Waals surface area (Å²) in [6.45, 7) is 4.71. The number of nitrogens with two attached hydrogens (primary N) is 1. The van der Waals surface area contributed by atoms with Crippen LogP contribution in [-0.4, -0.2) is 57.3 Å². The lowest BCUT2D eigenvalue weighted by atomic mass is 10.3. The number of hydrogen-bond donors (Lipinski definition) is 1. The van der Waals surface area contributed by atoms with Crippen molar-refractivity contribution in [2.75, 3.05) is 51.3 Å². The fourth-order valence-corrected chi connectivity index (χ4v) is 2.02. The Morgan fingerprint density at radius 3 is 2.60 bits per heavy atom. The van der Waals surface area contributed by atoms with Crippen molar-refractivity contribution in [3.05, 3.63) is 30.3 Å². The molecule has 1 heterocycles. The Morgan fingerprint density at radius 2 is 1.95 bits per heavy atom. The maximum absolute atomic E-state index is 5.98. The third-order valence-electron chi connectivity index (χ3n) is 3.24. The summed E-state index contributed by atoms with van der Waals surface area (Å²) in [7, 11) is 2.07. The van der Waals surface area contributed by atoms with E-state index in [1.807, 2.05) is 18.2 Å². The van der Waals surface area contributed by atoms with Crippen LogP contribution in [0, 0.1) is 0 Å². The molecule has 0 unspecified atom stereocenters. The Labute approximate surface area is 137 Å². The topological polar surface area (TPSA) is 54.1 Å². The van der Waals surface area contributed by atoms with Gasteiger partial charge in [0.25, 0.3) is 0 Å². The van der Waals surface area contributed by atoms with Crippen molar-refractivity contribution < 1.29 is 4.74 Å². The summed E-state index contributed by atoms with van der Waals surface area (Å²) < 4.78 is 5.29. The van der Waals surface area contributed by atoms with E-state index in [1.165, 1.54) is 5.69 Å². The molecular formula is C14H23IN4O. The summed E-state index contributed by atoms with van der Waals surface area (Å²) >= 11 is 0. The summed E-state index contributed by atoms with van der Waals surface area (Å²) in [6, 6.07) is 10.3. The fourth-order valence-electron chi connectivity index (χ4n) is 2.02. The van der Waals surface area contributed by atoms with Crippen molar-refractivity contribution in [2.45, 2.75) is 0 Å². The fraction of sp³-hybridized carbons (Fsp3) is 0.500. The highest BCUT2D eigenvalue weighted by molar-refractivity contribution is 14.0. The first-order valence-corrected chi connectivity index (χ1v) is 6.66. The molecule has 1 aromatic carbocycles. The molecule has 0 atom stereocenters. The van der Waals surface area contributed by atoms with Gasteiger partial charge >= 0.3 is 0 Å². The zero-order chi connectivity index (χ0) is 13.5. The number of nitrogens with zero attached hydrogens (tertiary/aromatic N) is 3. The Hall–Kier alpha value is -1.02. The van der Waals surface area contributed by atoms with Gasteiger partial charge in [0.05, 0.1) is 19.8 Å². The molecule has 6 heteroatoms. The number of ether oxygens (including phenoxy) is 1. The van der Waals surface area contributed by atoms with Crippen LogP contribution in [-0.2, 0) is 4.74 Å². The molecule has 0 aliphatic carbocycles. The summed E-state index contributed by atoms with van der Waals surface area (Å²) in [5.41, 5.74) is 7.17. The number of anilines is 1. The second kappa shape index (κ2) is 9.02. The molecule has 0 saturated carbocycles. The first-order chi connectivity index (χ1) is 9.27. The smallest absolute Gasteiger partial charge is 0.191 e. The molecule has 1 aromatic rings. The number of likely N-dealkylation sites (N-methyl/N-ethyl adjacent to an activating group) is 1. The molecule has 5 nitrogen and oxygen atoms in total. The molecule has 1 aliphatic heterocycles. The Balaban J connectivity index is 0.00000200. The largest absolute Gasteiger partial charge is 0.378 e. The highest BCUT2D eigenvalue weighted by atomic mass is 127. The maximum atomic E-state index is 5.98. The first kappa shape index (κ1) is 17.0. The zero-order valence-corrected chi connectivity index (χ0v) is 14.2. The Morgan fingerprint density at radius 1 is 1.30 bits per heavy atom. The number of benzene rings is 1. The van der Waals surface area contributed by atoms with Crippen LogP contribution in [0.15, 0.2) is 35.3 Å². The van der Waals surface area contributed by atoms with Crippen LogP contribution in [0.25, 0.3) is 0 Å². The third kappa shape index (κ3) is 5.16. The number of hydrogen-bond acceptors (Lipinski definition) is 3. The van der Waals surface area contributed by atoms with Crippen molar-refractivity contribution in [1.82, 2.24) is 4.90 Å². The normalized spacial score (nSPS) is 15.7. The standard InChI is InChI=1S/C14H22N4O.HI/c1-17(13-5-3-2-4-6-13)8-7-16-14(15)18-9-11-19-12-10-18;/h2-6H,7-12H2,1H3,(H2,15,16);1H. The van der Waals surface area contributed by atoms with E-state index in [9.17, 15) is 0 Å². The van der Waals surface area contributed by atoms with Crippen LogP contribution in [0.4, 0.5) is 5.69 Å². The van der Waals surface area contributed by atoms with Gasteiger partial charge in [0.15, 0.2) is 5.96 Å². The number of guanidine groups is 1. The van der Waals surface area contributed by atoms with E-state index >= 15 is 0 Å². The predicted octanol–water partition coefficient (Wildman–Crippen LogP) is 1.39. The molecular weight excluding hydrogens is 367 g/mol. The molecule has 0 radical (unpaired) electrons. The first-order valence-electron chi connectivity index (χ1n) is 6.66. The highest BCUT2D eigenvalue weighted by Gasteiger charge is 2.11. The molecule has 20 heavy (non-hydrogen) atoms. The minimum absolute atomic E-state index is 0. The SMILES string of the molecule is CN(CCN=C(N)N1CCOCC1)c1ccccc1.I. The van der Waals surface area contributed by atoms with E-state index in [4.69, 9.17) is 10.5 Å². The van der Waals surface area contributed by atoms with Crippen LogP contribution < -0.4 is 10.6 Å². The van der Waals surface area contributed by atoms with E-state index in [1.54, 1.807) is 0 Å². The van der Waals surface area contributed by atoms with Gasteiger partial charge in [-0.2, -0.15) is 0 Å². The minimum atomic E-state index is 0. The number of morpholine rings is 1. The summed E-state index contributed by atoms with van der Waals surface area (Å²) in [5, 5.41) is 0. The van der Waals surface area contributed by atoms with Crippen LogP contribution >= 0.6 is 24.0 Å². The van der Waals surface area contributed by atoms with Crippen LogP contribution in [0.5, 0.6) is 0 Å². The summed E-state index contributed by atoms with van der Waals surface area (Å²) in [5.74, 6) is 0.629. The molecule has 1 aliphatic rings. The molecule has 0 bridgehead atoms. The van der Waals surface area contributed by atoms with E-state index < -0.39 is 0 Å². The average molecular weight is 390 g/mol. The van der Waals surface area contributed by atoms with Gasteiger partial charge in [0.2, 0.25) is 0 Å². The lowest BCUT2D eigenvalue weighted by Gasteiger charge is -2.27. The van der Waals surface area contributed by atoms with Gasteiger partial charge in [0.1, 0.15) is 0 Å². The molecule has 2 rings (SSSR count). The Kier molecular flexibility index (Phi) is 7.68. The van der Waals surface area contributed by atoms with Gasteiger partial charge in [-0.1, -0.05) is 18.2 Å². The van der Waals surface area contributed by atoms with Gasteiger partial charge in [-0.25, -0.2) is 0 Å². The van der Waals surface area contributed by atoms with Crippen molar-refractivity contribution in [1.29, 1.82) is 0 Å². The number of rotatable bonds is 4. The summed E-state index contributed by atoms with van der Waals surface area (Å²) in [6.07, 6.45) is 0. The second-order valence-electron chi connectivity index (χ2n) is 4.60. The lowest BCUT2D eigenvalue weighted by molar-refractivity contribution is 0.0674. The average Bonchev–Trinajstić information content (AvgIpc) is 2.49. The molecule has 112 valence electrons. The zero-order valence-electron chi connectivity index (χ0n) is 11.9. The molecule has 0 aromatic heterocycles. The number of aliphatic imine (C=N–C) groups is 1. The van der Waals surface area contributed by atoms with Crippen LogP contribution in [0.1, 0.15) is 0 Å². The molecule has 0 amide bonds. The van der Waals surface area contributed by atoms with Gasteiger partial charge in [-0.3, -0.25) is 4.99 Å². The molecule has 1 fully saturated rings. The number of halogens is 1. The van der Waals surface area contributed by atoms with E-state index in [0.717, 1.165) is 32.8 Å². The minimum Gasteiger partial charge on any atom is -0.378 e. The van der Waals surface area contributed by atoms with Crippen LogP contribution in [0.2, 0.25) is 0 Å². The van der Waals surface area contributed by atoms with E-state index in [2.05, 4.69) is 34.0 Å². The monoisotopic (exact) mass is 390 g/mol. The number of para-hydroxylation sites is 1. The van der Waals surface area contributed by atoms with E-state index in [0.29, 0.717) is 12.5 Å². The molecule has 1 saturated heterocycles. The summed E-state index contributed by atoms with van der Waals surface area (Å²) in [4.78, 5) is 8.69. The van der Waals surface area contributed by atoms with Gasteiger partial charge in [0, 0.05) is 32.4 Å². The third-order valence-corrected chi connectivity index (χ3v) is 3.24. The molecule has 2 N–H and O–H groups in total. The van der Waals surface area contributed by atoms with Gasteiger partial charge in [-0.15, -0.1) is 24.0 Å². The van der Waals surface area contributed by atoms with Gasteiger partial charge in [-0.05, 0) is 12.1 Å².